The molecule has 1 N–H and O–H groups in total. The van der Waals surface area contributed by atoms with E-state index in [-0.39, 0.29) is 29.8 Å². The van der Waals surface area contributed by atoms with Crippen LogP contribution in [0, 0.1) is 23.5 Å². The summed E-state index contributed by atoms with van der Waals surface area (Å²) in [6.07, 6.45) is 6.74. The van der Waals surface area contributed by atoms with Gasteiger partial charge in [0.25, 0.3) is 5.91 Å². The zero-order chi connectivity index (χ0) is 20.4. The highest BCUT2D eigenvalue weighted by Gasteiger charge is 2.31. The van der Waals surface area contributed by atoms with Crippen molar-refractivity contribution in [1.82, 2.24) is 20.3 Å². The quantitative estimate of drug-likeness (QED) is 0.804. The fourth-order valence-electron chi connectivity index (χ4n) is 4.10. The number of nitrogens with zero attached hydrogens (tertiary/aromatic N) is 4. The molecule has 1 saturated carbocycles. The summed E-state index contributed by atoms with van der Waals surface area (Å²) in [7, 11) is 0. The van der Waals surface area contributed by atoms with Gasteiger partial charge in [0.05, 0.1) is 6.20 Å². The van der Waals surface area contributed by atoms with E-state index < -0.39 is 11.6 Å². The van der Waals surface area contributed by atoms with Crippen molar-refractivity contribution in [2.75, 3.05) is 18.0 Å². The predicted molar refractivity (Wildman–Crippen MR) is 101 cm³/mol. The van der Waals surface area contributed by atoms with E-state index in [0.29, 0.717) is 24.7 Å². The van der Waals surface area contributed by atoms with Crippen molar-refractivity contribution in [3.05, 3.63) is 41.7 Å². The highest BCUT2D eigenvalue weighted by molar-refractivity contribution is 5.96. The minimum atomic E-state index is -0.993. The van der Waals surface area contributed by atoms with Crippen molar-refractivity contribution in [2.45, 2.75) is 38.6 Å². The maximum Gasteiger partial charge on any atom is 0.273 e. The highest BCUT2D eigenvalue weighted by Crippen LogP contribution is 2.27. The first-order chi connectivity index (χ1) is 14.0. The van der Waals surface area contributed by atoms with Gasteiger partial charge in [-0.15, -0.1) is 5.10 Å². The van der Waals surface area contributed by atoms with Crippen LogP contribution in [0.4, 0.5) is 14.5 Å². The molecule has 0 bridgehead atoms. The highest BCUT2D eigenvalue weighted by atomic mass is 19.2. The Bertz CT molecular complexity index is 910. The summed E-state index contributed by atoms with van der Waals surface area (Å²) in [4.78, 5) is 26.0. The molecule has 29 heavy (non-hydrogen) atoms. The molecular formula is C20H23F2N5O2. The number of amides is 2. The van der Waals surface area contributed by atoms with E-state index in [0.717, 1.165) is 18.7 Å². The van der Waals surface area contributed by atoms with E-state index >= 15 is 0 Å². The Kier molecular flexibility index (Phi) is 5.55. The Morgan fingerprint density at radius 2 is 1.97 bits per heavy atom. The number of hydrogen-bond donors (Lipinski definition) is 1. The lowest BCUT2D eigenvalue weighted by molar-refractivity contribution is -0.117. The van der Waals surface area contributed by atoms with Crippen LogP contribution < -0.4 is 10.2 Å². The molecule has 1 aliphatic heterocycles. The molecule has 1 aromatic carbocycles. The Morgan fingerprint density at radius 3 is 2.72 bits per heavy atom. The van der Waals surface area contributed by atoms with Gasteiger partial charge in [-0.1, -0.05) is 18.1 Å². The van der Waals surface area contributed by atoms with Crippen LogP contribution in [0.2, 0.25) is 0 Å². The van der Waals surface area contributed by atoms with Gasteiger partial charge in [-0.25, -0.2) is 8.78 Å². The lowest BCUT2D eigenvalue weighted by Gasteiger charge is -2.17. The van der Waals surface area contributed by atoms with Crippen molar-refractivity contribution in [1.29, 1.82) is 0 Å². The van der Waals surface area contributed by atoms with Crippen LogP contribution in [0.5, 0.6) is 0 Å². The third-order valence-corrected chi connectivity index (χ3v) is 5.66. The monoisotopic (exact) mass is 403 g/mol. The number of nitrogens with one attached hydrogen (secondary N) is 1. The van der Waals surface area contributed by atoms with Gasteiger partial charge in [0.2, 0.25) is 5.91 Å². The molecule has 2 amide bonds. The van der Waals surface area contributed by atoms with Crippen molar-refractivity contribution in [3.63, 3.8) is 0 Å². The zero-order valence-electron chi connectivity index (χ0n) is 16.0. The van der Waals surface area contributed by atoms with Gasteiger partial charge in [0.15, 0.2) is 17.3 Å². The summed E-state index contributed by atoms with van der Waals surface area (Å²) in [6, 6.07) is 3.39. The first-order valence-corrected chi connectivity index (χ1v) is 9.93. The molecule has 2 heterocycles. The third-order valence-electron chi connectivity index (χ3n) is 5.66. The fraction of sp³-hybridized carbons (Fsp3) is 0.500. The maximum absolute atomic E-state index is 13.4. The second kappa shape index (κ2) is 8.26. The summed E-state index contributed by atoms with van der Waals surface area (Å²) in [5, 5.41) is 10.8. The zero-order valence-corrected chi connectivity index (χ0v) is 16.0. The second-order valence-electron chi connectivity index (χ2n) is 7.86. The number of benzene rings is 1. The summed E-state index contributed by atoms with van der Waals surface area (Å²) in [5.74, 6) is -1.98. The molecule has 2 fully saturated rings. The van der Waals surface area contributed by atoms with Gasteiger partial charge in [-0.05, 0) is 30.9 Å². The summed E-state index contributed by atoms with van der Waals surface area (Å²) in [5.41, 5.74) is 0.572. The smallest absolute Gasteiger partial charge is 0.273 e. The molecule has 9 heteroatoms. The van der Waals surface area contributed by atoms with E-state index in [1.807, 2.05) is 0 Å². The largest absolute Gasteiger partial charge is 0.350 e. The number of anilines is 1. The number of aromatic nitrogens is 3. The van der Waals surface area contributed by atoms with Gasteiger partial charge in [-0.3, -0.25) is 14.3 Å². The average molecular weight is 403 g/mol. The minimum Gasteiger partial charge on any atom is -0.350 e. The molecule has 1 saturated heterocycles. The van der Waals surface area contributed by atoms with E-state index in [9.17, 15) is 18.4 Å². The van der Waals surface area contributed by atoms with E-state index in [1.54, 1.807) is 10.9 Å². The van der Waals surface area contributed by atoms with Crippen LogP contribution in [0.1, 0.15) is 42.6 Å². The van der Waals surface area contributed by atoms with E-state index in [4.69, 9.17) is 0 Å². The Balaban J connectivity index is 1.30. The predicted octanol–water partition coefficient (Wildman–Crippen LogP) is 2.53. The molecule has 4 rings (SSSR count). The third kappa shape index (κ3) is 4.44. The van der Waals surface area contributed by atoms with Crippen molar-refractivity contribution in [2.24, 2.45) is 11.8 Å². The number of carbonyl (C=O) groups excluding carboxylic acids is 2. The van der Waals surface area contributed by atoms with Crippen LogP contribution in [-0.4, -0.2) is 39.9 Å². The van der Waals surface area contributed by atoms with Crippen LogP contribution in [0.3, 0.4) is 0 Å². The number of rotatable bonds is 6. The van der Waals surface area contributed by atoms with Crippen LogP contribution >= 0.6 is 0 Å². The number of hydrogen-bond acceptors (Lipinski definition) is 4. The normalized spacial score (nSPS) is 19.9. The van der Waals surface area contributed by atoms with Crippen molar-refractivity contribution in [3.8, 4) is 0 Å². The molecular weight excluding hydrogens is 380 g/mol. The molecule has 7 nitrogen and oxygen atoms in total. The van der Waals surface area contributed by atoms with E-state index in [2.05, 4.69) is 15.6 Å². The Hall–Kier alpha value is -2.84. The minimum absolute atomic E-state index is 0.118. The molecule has 2 aliphatic rings. The standard InChI is InChI=1S/C20H23F2N5O2/c21-16-6-5-15(8-17(16)22)27-11-14(7-19(27)28)9-23-20(29)18-12-26(25-24-18)10-13-3-1-2-4-13/h5-6,8,12-14H,1-4,7,9-11H2,(H,23,29). The van der Waals surface area contributed by atoms with Crippen LogP contribution in [0.15, 0.2) is 24.4 Å². The molecule has 1 unspecified atom stereocenters. The molecule has 0 spiro atoms. The molecule has 0 radical (unpaired) electrons. The SMILES string of the molecule is O=C(NCC1CC(=O)N(c2ccc(F)c(F)c2)C1)c1cn(CC2CCCC2)nn1. The van der Waals surface area contributed by atoms with E-state index in [1.165, 1.54) is 36.6 Å². The summed E-state index contributed by atoms with van der Waals surface area (Å²) in [6.45, 7) is 1.40. The van der Waals surface area contributed by atoms with Gasteiger partial charge < -0.3 is 10.2 Å². The Labute approximate surface area is 167 Å². The first kappa shape index (κ1) is 19.5. The lowest BCUT2D eigenvalue weighted by atomic mass is 10.1. The summed E-state index contributed by atoms with van der Waals surface area (Å²) >= 11 is 0. The number of halogens is 2. The molecule has 1 atom stereocenters. The maximum atomic E-state index is 13.4. The van der Waals surface area contributed by atoms with Gasteiger partial charge in [-0.2, -0.15) is 0 Å². The van der Waals surface area contributed by atoms with Crippen LogP contribution in [0.25, 0.3) is 0 Å². The van der Waals surface area contributed by atoms with Crippen molar-refractivity contribution < 1.29 is 18.4 Å². The molecule has 2 aromatic rings. The van der Waals surface area contributed by atoms with Crippen LogP contribution in [-0.2, 0) is 11.3 Å². The van der Waals surface area contributed by atoms with Crippen molar-refractivity contribution >= 4 is 17.5 Å². The molecule has 154 valence electrons. The topological polar surface area (TPSA) is 80.1 Å². The fourth-order valence-corrected chi connectivity index (χ4v) is 4.10. The summed E-state index contributed by atoms with van der Waals surface area (Å²) < 4.78 is 28.3. The lowest BCUT2D eigenvalue weighted by Crippen LogP contribution is -2.31. The van der Waals surface area contributed by atoms with Gasteiger partial charge in [0, 0.05) is 43.7 Å². The average Bonchev–Trinajstić information content (AvgIpc) is 3.44. The second-order valence-corrected chi connectivity index (χ2v) is 7.86. The number of carbonyl (C=O) groups is 2. The molecule has 1 aromatic heterocycles. The Morgan fingerprint density at radius 1 is 1.17 bits per heavy atom. The van der Waals surface area contributed by atoms with Gasteiger partial charge in [0.1, 0.15) is 0 Å². The molecule has 1 aliphatic carbocycles. The first-order valence-electron chi connectivity index (χ1n) is 9.93. The van der Waals surface area contributed by atoms with Gasteiger partial charge >= 0.3 is 0 Å².